The summed E-state index contributed by atoms with van der Waals surface area (Å²) < 4.78 is 8.91. The van der Waals surface area contributed by atoms with E-state index in [1.165, 1.54) is 22.2 Å². The van der Waals surface area contributed by atoms with Crippen molar-refractivity contribution in [1.82, 2.24) is 19.5 Å². The second kappa shape index (κ2) is 14.3. The molecule has 0 N–H and O–H groups in total. The van der Waals surface area contributed by atoms with E-state index in [1.807, 2.05) is 92.7 Å². The lowest BCUT2D eigenvalue weighted by Gasteiger charge is -2.14. The fraction of sp³-hybridized carbons (Fsp3) is 0.0816. The highest BCUT2D eigenvalue weighted by Crippen LogP contribution is 2.42. The molecule has 1 aliphatic heterocycles. The molecule has 2 aliphatic rings. The van der Waals surface area contributed by atoms with Crippen LogP contribution >= 0.6 is 0 Å². The van der Waals surface area contributed by atoms with Crippen molar-refractivity contribution in [3.8, 4) is 62.5 Å². The van der Waals surface area contributed by atoms with Gasteiger partial charge in [-0.25, -0.2) is 15.0 Å². The van der Waals surface area contributed by atoms with Crippen molar-refractivity contribution < 1.29 is 4.74 Å². The molecule has 1 aliphatic carbocycles. The molecule has 0 spiro atoms. The van der Waals surface area contributed by atoms with E-state index in [9.17, 15) is 0 Å². The maximum absolute atomic E-state index is 6.50. The molecular weight excluding hydrogens is 661 g/mol. The number of benzene rings is 6. The number of hydrogen-bond donors (Lipinski definition) is 0. The number of allylic oxidation sites excluding steroid dienone is 1. The molecule has 3 heterocycles. The fourth-order valence-electron chi connectivity index (χ4n) is 7.38. The maximum atomic E-state index is 6.50. The lowest BCUT2D eigenvalue weighted by Crippen LogP contribution is -2.01. The Labute approximate surface area is 315 Å². The quantitative estimate of drug-likeness (QED) is 0.180. The molecule has 260 valence electrons. The monoisotopic (exact) mass is 698 g/mol. The molecule has 0 radical (unpaired) electrons. The van der Waals surface area contributed by atoms with Crippen LogP contribution in [0, 0.1) is 0 Å². The van der Waals surface area contributed by atoms with Crippen LogP contribution < -0.4 is 4.74 Å². The smallest absolute Gasteiger partial charge is 0.164 e. The number of para-hydroxylation sites is 1. The molecule has 2 aromatic heterocycles. The molecule has 0 atom stereocenters. The summed E-state index contributed by atoms with van der Waals surface area (Å²) >= 11 is 0. The van der Waals surface area contributed by atoms with Crippen LogP contribution in [0.4, 0.5) is 0 Å². The first-order valence-corrected chi connectivity index (χ1v) is 18.7. The van der Waals surface area contributed by atoms with Gasteiger partial charge in [0.25, 0.3) is 0 Å². The summed E-state index contributed by atoms with van der Waals surface area (Å²) in [5, 5.41) is 1.23. The molecule has 6 aromatic carbocycles. The van der Waals surface area contributed by atoms with E-state index in [0.29, 0.717) is 17.5 Å². The number of fused-ring (bicyclic) bond motifs is 5. The third-order valence-corrected chi connectivity index (χ3v) is 9.92. The minimum Gasteiger partial charge on any atom is -0.456 e. The summed E-state index contributed by atoms with van der Waals surface area (Å²) in [5.41, 5.74) is 12.1. The molecule has 5 nitrogen and oxygen atoms in total. The maximum Gasteiger partial charge on any atom is 0.164 e. The molecule has 0 amide bonds. The van der Waals surface area contributed by atoms with E-state index >= 15 is 0 Å². The topological polar surface area (TPSA) is 52.8 Å². The Hall–Kier alpha value is -6.85. The summed E-state index contributed by atoms with van der Waals surface area (Å²) in [7, 11) is 0. The molecule has 54 heavy (non-hydrogen) atoms. The standard InChI is InChI=1S/C47H32N4O.C2H6/c1-3-14-32(15-4-1)45-48-46(33-16-5-2-6-17-33)50-47(49-45)37-20-11-18-34(27-37)35-19-12-21-38(28-35)51-41-23-9-8-22-39(41)40-30-44-36(29-42(40)51)26-25-31-13-7-10-24-43(31)52-44;1-2/h1-7,9-21,23-30H,8,22H2;1-2H3. The number of ether oxygens (including phenoxy) is 1. The van der Waals surface area contributed by atoms with Gasteiger partial charge in [-0.1, -0.05) is 141 Å². The summed E-state index contributed by atoms with van der Waals surface area (Å²) in [6, 6.07) is 50.2. The van der Waals surface area contributed by atoms with Crippen molar-refractivity contribution in [2.45, 2.75) is 26.7 Å². The first kappa shape index (κ1) is 33.0. The van der Waals surface area contributed by atoms with Gasteiger partial charge in [0.2, 0.25) is 0 Å². The van der Waals surface area contributed by atoms with E-state index < -0.39 is 0 Å². The van der Waals surface area contributed by atoms with Gasteiger partial charge < -0.3 is 9.30 Å². The molecule has 8 aromatic rings. The Morgan fingerprint density at radius 1 is 0.500 bits per heavy atom. The van der Waals surface area contributed by atoms with E-state index in [4.69, 9.17) is 19.7 Å². The summed E-state index contributed by atoms with van der Waals surface area (Å²) in [6.45, 7) is 4.00. The molecule has 0 fully saturated rings. The first-order chi connectivity index (χ1) is 26.7. The largest absolute Gasteiger partial charge is 0.456 e. The Bertz CT molecular complexity index is 2650. The van der Waals surface area contributed by atoms with Crippen LogP contribution in [-0.2, 0) is 6.42 Å². The van der Waals surface area contributed by atoms with Gasteiger partial charge in [-0.3, -0.25) is 0 Å². The number of aromatic nitrogens is 4. The van der Waals surface area contributed by atoms with Crippen LogP contribution in [-0.4, -0.2) is 19.5 Å². The van der Waals surface area contributed by atoms with Gasteiger partial charge in [-0.05, 0) is 72.0 Å². The Balaban J connectivity index is 0.00000189. The van der Waals surface area contributed by atoms with Crippen molar-refractivity contribution in [2.24, 2.45) is 0 Å². The Morgan fingerprint density at radius 3 is 1.83 bits per heavy atom. The highest BCUT2D eigenvalue weighted by atomic mass is 16.5. The summed E-state index contributed by atoms with van der Waals surface area (Å²) in [6.07, 6.45) is 10.9. The molecule has 5 heteroatoms. The zero-order valence-corrected chi connectivity index (χ0v) is 30.3. The van der Waals surface area contributed by atoms with Gasteiger partial charge >= 0.3 is 0 Å². The average Bonchev–Trinajstić information content (AvgIpc) is 3.45. The highest BCUT2D eigenvalue weighted by molar-refractivity contribution is 5.95. The zero-order chi connectivity index (χ0) is 36.4. The molecule has 10 rings (SSSR count). The van der Waals surface area contributed by atoms with Crippen LogP contribution in [0.2, 0.25) is 0 Å². The van der Waals surface area contributed by atoms with Crippen LogP contribution in [0.15, 0.2) is 152 Å². The molecular formula is C49H38N4O. The predicted molar refractivity (Wildman–Crippen MR) is 223 cm³/mol. The third-order valence-electron chi connectivity index (χ3n) is 9.92. The Kier molecular flexibility index (Phi) is 8.73. The molecule has 0 unspecified atom stereocenters. The van der Waals surface area contributed by atoms with Gasteiger partial charge in [-0.15, -0.1) is 0 Å². The van der Waals surface area contributed by atoms with E-state index in [2.05, 4.69) is 95.6 Å². The minimum atomic E-state index is 0.638. The Morgan fingerprint density at radius 2 is 1.09 bits per heavy atom. The lowest BCUT2D eigenvalue weighted by molar-refractivity contribution is 0.482. The van der Waals surface area contributed by atoms with Crippen molar-refractivity contribution in [3.63, 3.8) is 0 Å². The van der Waals surface area contributed by atoms with Crippen molar-refractivity contribution >= 4 is 29.1 Å². The highest BCUT2D eigenvalue weighted by Gasteiger charge is 2.22. The van der Waals surface area contributed by atoms with Crippen molar-refractivity contribution in [3.05, 3.63) is 174 Å². The van der Waals surface area contributed by atoms with Crippen LogP contribution in [0.1, 0.15) is 42.7 Å². The van der Waals surface area contributed by atoms with Crippen LogP contribution in [0.25, 0.3) is 80.1 Å². The number of rotatable bonds is 5. The van der Waals surface area contributed by atoms with E-state index in [0.717, 1.165) is 69.0 Å². The lowest BCUT2D eigenvalue weighted by atomic mass is 10.00. The summed E-state index contributed by atoms with van der Waals surface area (Å²) in [5.74, 6) is 3.70. The normalized spacial score (nSPS) is 12.5. The first-order valence-electron chi connectivity index (χ1n) is 18.7. The van der Waals surface area contributed by atoms with E-state index in [-0.39, 0.29) is 0 Å². The number of hydrogen-bond acceptors (Lipinski definition) is 4. The van der Waals surface area contributed by atoms with Crippen LogP contribution in [0.5, 0.6) is 11.5 Å². The van der Waals surface area contributed by atoms with Gasteiger partial charge in [0.15, 0.2) is 17.5 Å². The predicted octanol–water partition coefficient (Wildman–Crippen LogP) is 12.7. The molecule has 0 saturated heterocycles. The van der Waals surface area contributed by atoms with E-state index in [1.54, 1.807) is 0 Å². The van der Waals surface area contributed by atoms with Crippen molar-refractivity contribution in [1.29, 1.82) is 0 Å². The molecule has 0 bridgehead atoms. The van der Waals surface area contributed by atoms with Gasteiger partial charge in [0, 0.05) is 44.6 Å². The van der Waals surface area contributed by atoms with Gasteiger partial charge in [0.1, 0.15) is 11.5 Å². The number of nitrogens with zero attached hydrogens (tertiary/aromatic N) is 4. The van der Waals surface area contributed by atoms with Gasteiger partial charge in [-0.2, -0.15) is 0 Å². The third kappa shape index (κ3) is 6.10. The molecule has 0 saturated carbocycles. The van der Waals surface area contributed by atoms with Crippen molar-refractivity contribution in [2.75, 3.05) is 0 Å². The SMILES string of the molecule is C1=Cc2c(c3cc4c(cc3n2-c2cccc(-c3cccc(-c5nc(-c6ccccc6)nc(-c6ccccc6)n5)c3)c2)C=Cc2ccccc2O4)CC1.CC. The average molecular weight is 699 g/mol. The fourth-order valence-corrected chi connectivity index (χ4v) is 7.38. The van der Waals surface area contributed by atoms with Gasteiger partial charge in [0.05, 0.1) is 5.52 Å². The second-order valence-electron chi connectivity index (χ2n) is 13.2. The van der Waals surface area contributed by atoms with Crippen LogP contribution in [0.3, 0.4) is 0 Å². The second-order valence-corrected chi connectivity index (χ2v) is 13.2. The zero-order valence-electron chi connectivity index (χ0n) is 30.3. The summed E-state index contributed by atoms with van der Waals surface area (Å²) in [4.78, 5) is 14.8. The minimum absolute atomic E-state index is 0.638. The number of aryl methyl sites for hydroxylation is 1.